The quantitative estimate of drug-likeness (QED) is 0.631. The van der Waals surface area contributed by atoms with E-state index in [2.05, 4.69) is 0 Å². The number of hydrogen-bond donors (Lipinski definition) is 1. The van der Waals surface area contributed by atoms with E-state index in [-0.39, 0.29) is 30.1 Å². The number of quaternary nitrogens is 1. The van der Waals surface area contributed by atoms with Crippen molar-refractivity contribution < 1.29 is 19.5 Å². The maximum absolute atomic E-state index is 12.0. The Morgan fingerprint density at radius 2 is 1.88 bits per heavy atom. The molecule has 1 aliphatic carbocycles. The molecule has 1 aliphatic heterocycles. The standard InChI is InChI=1S/C16H19N3O5/c1-2-17-11-15(18(20)21)9-8-14(16(10-15,12-17)19(22)23)24-13-6-4-3-5-7-13/h3-8H,2,9-12H2,1H3/p+1/t15-,16+/m0/s1. The molecule has 8 heteroatoms. The van der Waals surface area contributed by atoms with Gasteiger partial charge in [0.1, 0.15) is 18.7 Å². The number of nitro groups is 2. The normalized spacial score (nSPS) is 31.9. The van der Waals surface area contributed by atoms with Crippen LogP contribution in [0.1, 0.15) is 19.8 Å². The molecule has 3 rings (SSSR count). The molecule has 0 spiro atoms. The van der Waals surface area contributed by atoms with E-state index in [1.807, 2.05) is 13.0 Å². The molecule has 0 amide bonds. The molecule has 1 aromatic carbocycles. The van der Waals surface area contributed by atoms with E-state index in [0.717, 1.165) is 4.90 Å². The molecule has 1 aromatic rings. The first-order valence-corrected chi connectivity index (χ1v) is 7.98. The Bertz CT molecular complexity index is 692. The third-order valence-electron chi connectivity index (χ3n) is 5.08. The predicted octanol–water partition coefficient (Wildman–Crippen LogP) is 0.693. The molecule has 3 atom stereocenters. The fourth-order valence-electron chi connectivity index (χ4n) is 3.83. The van der Waals surface area contributed by atoms with Crippen LogP contribution in [0.25, 0.3) is 0 Å². The van der Waals surface area contributed by atoms with Crippen molar-refractivity contribution in [3.63, 3.8) is 0 Å². The van der Waals surface area contributed by atoms with Gasteiger partial charge in [0.05, 0.1) is 6.54 Å². The van der Waals surface area contributed by atoms with E-state index in [0.29, 0.717) is 18.8 Å². The van der Waals surface area contributed by atoms with Crippen molar-refractivity contribution >= 4 is 0 Å². The first-order valence-electron chi connectivity index (χ1n) is 7.98. The summed E-state index contributed by atoms with van der Waals surface area (Å²) in [5.74, 6) is 0.726. The Kier molecular flexibility index (Phi) is 4.00. The van der Waals surface area contributed by atoms with Gasteiger partial charge in [0.2, 0.25) is 0 Å². The van der Waals surface area contributed by atoms with Crippen LogP contribution in [-0.2, 0) is 0 Å². The van der Waals surface area contributed by atoms with Gasteiger partial charge in [0, 0.05) is 16.3 Å². The van der Waals surface area contributed by atoms with Gasteiger partial charge in [-0.25, -0.2) is 0 Å². The van der Waals surface area contributed by atoms with Crippen LogP contribution < -0.4 is 9.64 Å². The number of nitrogens with zero attached hydrogens (tertiary/aromatic N) is 2. The van der Waals surface area contributed by atoms with Gasteiger partial charge < -0.3 is 9.64 Å². The SMILES string of the molecule is CC[NH+]1C[C@]2([N+](=O)[O-])CC=C(Oc3ccccc3)[C@]([N+](=O)[O-])(C1)C2. The second-order valence-corrected chi connectivity index (χ2v) is 6.59. The molecule has 1 heterocycles. The summed E-state index contributed by atoms with van der Waals surface area (Å²) in [4.78, 5) is 23.8. The molecule has 0 aromatic heterocycles. The average molecular weight is 334 g/mol. The van der Waals surface area contributed by atoms with Crippen LogP contribution in [0, 0.1) is 20.2 Å². The van der Waals surface area contributed by atoms with E-state index in [9.17, 15) is 20.2 Å². The number of ether oxygens (including phenoxy) is 1. The van der Waals surface area contributed by atoms with Crippen LogP contribution in [0.5, 0.6) is 5.75 Å². The minimum atomic E-state index is -1.55. The van der Waals surface area contributed by atoms with Crippen LogP contribution in [0.4, 0.5) is 0 Å². The molecular formula is C16H20N3O5+. The first kappa shape index (κ1) is 16.4. The van der Waals surface area contributed by atoms with Crippen LogP contribution in [0.15, 0.2) is 42.2 Å². The van der Waals surface area contributed by atoms with Crippen LogP contribution >= 0.6 is 0 Å². The van der Waals surface area contributed by atoms with E-state index in [1.54, 1.807) is 30.3 Å². The Morgan fingerprint density at radius 3 is 2.46 bits per heavy atom. The number of para-hydroxylation sites is 1. The summed E-state index contributed by atoms with van der Waals surface area (Å²) in [6.45, 7) is 2.99. The molecule has 24 heavy (non-hydrogen) atoms. The van der Waals surface area contributed by atoms with Crippen molar-refractivity contribution in [3.05, 3.63) is 62.4 Å². The molecule has 2 bridgehead atoms. The van der Waals surface area contributed by atoms with Crippen molar-refractivity contribution in [2.45, 2.75) is 30.8 Å². The lowest BCUT2D eigenvalue weighted by Gasteiger charge is -2.42. The summed E-state index contributed by atoms with van der Waals surface area (Å²) in [5, 5.41) is 23.6. The minimum absolute atomic E-state index is 0.123. The summed E-state index contributed by atoms with van der Waals surface area (Å²) in [6, 6.07) is 8.83. The van der Waals surface area contributed by atoms with Crippen LogP contribution in [0.3, 0.4) is 0 Å². The van der Waals surface area contributed by atoms with E-state index in [1.165, 1.54) is 0 Å². The highest BCUT2D eigenvalue weighted by molar-refractivity contribution is 5.28. The molecule has 0 saturated carbocycles. The molecule has 0 radical (unpaired) electrons. The number of benzene rings is 1. The Hall–Kier alpha value is -2.48. The van der Waals surface area contributed by atoms with Gasteiger partial charge in [-0.05, 0) is 25.1 Å². The molecule has 8 nitrogen and oxygen atoms in total. The number of hydrogen-bond acceptors (Lipinski definition) is 5. The smallest absolute Gasteiger partial charge is 0.332 e. The van der Waals surface area contributed by atoms with Crippen molar-refractivity contribution in [1.29, 1.82) is 0 Å². The third-order valence-corrected chi connectivity index (χ3v) is 5.08. The molecule has 1 fully saturated rings. The number of likely N-dealkylation sites (N-methyl/N-ethyl adjacent to an activating group) is 1. The Balaban J connectivity index is 2.04. The lowest BCUT2D eigenvalue weighted by molar-refractivity contribution is -0.942. The highest BCUT2D eigenvalue weighted by atomic mass is 16.6. The average Bonchev–Trinajstić information content (AvgIpc) is 2.58. The van der Waals surface area contributed by atoms with Crippen molar-refractivity contribution in [2.24, 2.45) is 0 Å². The number of fused-ring (bicyclic) bond motifs is 2. The van der Waals surface area contributed by atoms with Gasteiger partial charge in [-0.1, -0.05) is 18.2 Å². The van der Waals surface area contributed by atoms with Gasteiger partial charge >= 0.3 is 5.54 Å². The maximum Gasteiger partial charge on any atom is 0.332 e. The van der Waals surface area contributed by atoms with Gasteiger partial charge in [0.15, 0.2) is 12.3 Å². The first-order chi connectivity index (χ1) is 11.4. The van der Waals surface area contributed by atoms with Gasteiger partial charge in [-0.2, -0.15) is 0 Å². The largest absolute Gasteiger partial charge is 0.454 e. The monoisotopic (exact) mass is 334 g/mol. The lowest BCUT2D eigenvalue weighted by Crippen LogP contribution is -3.18. The van der Waals surface area contributed by atoms with Crippen molar-refractivity contribution in [2.75, 3.05) is 19.6 Å². The van der Waals surface area contributed by atoms with Gasteiger partial charge in [-0.3, -0.25) is 20.2 Å². The fourth-order valence-corrected chi connectivity index (χ4v) is 3.83. The molecular weight excluding hydrogens is 314 g/mol. The zero-order valence-corrected chi connectivity index (χ0v) is 13.4. The second-order valence-electron chi connectivity index (χ2n) is 6.59. The number of likely N-dealkylation sites (tertiary alicyclic amines) is 1. The molecule has 2 aliphatic rings. The topological polar surface area (TPSA) is 100.0 Å². The summed E-state index contributed by atoms with van der Waals surface area (Å²) >= 11 is 0. The lowest BCUT2D eigenvalue weighted by atomic mass is 9.71. The second kappa shape index (κ2) is 5.86. The number of nitrogens with one attached hydrogen (secondary N) is 1. The zero-order chi connectivity index (χ0) is 17.4. The Labute approximate surface area is 139 Å². The van der Waals surface area contributed by atoms with Crippen molar-refractivity contribution in [1.82, 2.24) is 0 Å². The summed E-state index contributed by atoms with van der Waals surface area (Å²) in [6.07, 6.45) is 1.58. The highest BCUT2D eigenvalue weighted by Gasteiger charge is 2.69. The van der Waals surface area contributed by atoms with Crippen molar-refractivity contribution in [3.8, 4) is 5.75 Å². The molecule has 1 saturated heterocycles. The minimum Gasteiger partial charge on any atom is -0.454 e. The van der Waals surface area contributed by atoms with Gasteiger partial charge in [-0.15, -0.1) is 0 Å². The van der Waals surface area contributed by atoms with Crippen LogP contribution in [0.2, 0.25) is 0 Å². The number of rotatable bonds is 5. The summed E-state index contributed by atoms with van der Waals surface area (Å²) in [7, 11) is 0. The van der Waals surface area contributed by atoms with E-state index < -0.39 is 16.0 Å². The third kappa shape index (κ3) is 2.52. The summed E-state index contributed by atoms with van der Waals surface area (Å²) < 4.78 is 5.81. The van der Waals surface area contributed by atoms with E-state index >= 15 is 0 Å². The van der Waals surface area contributed by atoms with Gasteiger partial charge in [0.25, 0.3) is 5.54 Å². The number of piperidine rings is 1. The molecule has 1 N–H and O–H groups in total. The predicted molar refractivity (Wildman–Crippen MR) is 85.1 cm³/mol. The fraction of sp³-hybridized carbons (Fsp3) is 0.500. The molecule has 1 unspecified atom stereocenters. The highest BCUT2D eigenvalue weighted by Crippen LogP contribution is 2.41. The maximum atomic E-state index is 12.0. The Morgan fingerprint density at radius 1 is 1.17 bits per heavy atom. The zero-order valence-electron chi connectivity index (χ0n) is 13.4. The van der Waals surface area contributed by atoms with E-state index in [4.69, 9.17) is 4.74 Å². The van der Waals surface area contributed by atoms with Crippen LogP contribution in [-0.4, -0.2) is 40.6 Å². The molecule has 128 valence electrons. The summed E-state index contributed by atoms with van der Waals surface area (Å²) in [5.41, 5.74) is -2.84.